The summed E-state index contributed by atoms with van der Waals surface area (Å²) in [5.74, 6) is 0. The molecule has 0 heterocycles. The van der Waals surface area contributed by atoms with Gasteiger partial charge in [0.1, 0.15) is 0 Å². The summed E-state index contributed by atoms with van der Waals surface area (Å²) < 4.78 is 0. The van der Waals surface area contributed by atoms with Crippen molar-refractivity contribution in [1.29, 1.82) is 0 Å². The van der Waals surface area contributed by atoms with Gasteiger partial charge in [0, 0.05) is 32.7 Å². The van der Waals surface area contributed by atoms with Crippen LogP contribution in [0.4, 0.5) is 0 Å². The molecular formula is C7H9BO2Y-2. The molecule has 1 rings (SSSR count). The van der Waals surface area contributed by atoms with Crippen molar-refractivity contribution < 1.29 is 42.8 Å². The van der Waals surface area contributed by atoms with Crippen LogP contribution in [-0.2, 0) is 32.7 Å². The normalized spacial score (nSPS) is 7.45. The Labute approximate surface area is 92.7 Å². The predicted octanol–water partition coefficient (Wildman–Crippen LogP) is -0.386. The van der Waals surface area contributed by atoms with Crippen molar-refractivity contribution in [1.82, 2.24) is 0 Å². The summed E-state index contributed by atoms with van der Waals surface area (Å²) in [4.78, 5) is 0. The zero-order valence-electron chi connectivity index (χ0n) is 6.36. The first-order chi connectivity index (χ1) is 4.30. The third-order valence-electron chi connectivity index (χ3n) is 1.04. The van der Waals surface area contributed by atoms with Crippen molar-refractivity contribution in [2.24, 2.45) is 0 Å². The van der Waals surface area contributed by atoms with E-state index in [2.05, 4.69) is 6.07 Å². The number of rotatable bonds is 1. The van der Waals surface area contributed by atoms with E-state index in [1.807, 2.05) is 0 Å². The average molecular weight is 225 g/mol. The Morgan fingerprint density at radius 2 is 1.64 bits per heavy atom. The van der Waals surface area contributed by atoms with Crippen LogP contribution in [0.15, 0.2) is 24.3 Å². The van der Waals surface area contributed by atoms with Gasteiger partial charge in [0.15, 0.2) is 0 Å². The molecule has 0 saturated heterocycles. The van der Waals surface area contributed by atoms with Gasteiger partial charge in [-0.05, 0) is 0 Å². The summed E-state index contributed by atoms with van der Waals surface area (Å²) in [6, 6.07) is 9.24. The molecule has 11 heavy (non-hydrogen) atoms. The van der Waals surface area contributed by atoms with Gasteiger partial charge in [-0.15, -0.1) is 5.46 Å². The Bertz CT molecular complexity index is 179. The molecule has 0 aliphatic heterocycles. The van der Waals surface area contributed by atoms with E-state index in [1.165, 1.54) is 0 Å². The molecule has 2 N–H and O–H groups in total. The van der Waals surface area contributed by atoms with Gasteiger partial charge in [0.2, 0.25) is 0 Å². The van der Waals surface area contributed by atoms with E-state index in [-0.39, 0.29) is 40.1 Å². The molecule has 0 saturated carbocycles. The van der Waals surface area contributed by atoms with Crippen LogP contribution < -0.4 is 5.46 Å². The Morgan fingerprint density at radius 3 is 1.91 bits per heavy atom. The smallest absolute Gasteiger partial charge is 0.425 e. The Kier molecular flexibility index (Phi) is 8.81. The maximum atomic E-state index is 8.57. The molecule has 0 aromatic heterocycles. The molecule has 0 aliphatic carbocycles. The molecule has 0 bridgehead atoms. The Morgan fingerprint density at radius 1 is 1.18 bits per heavy atom. The molecule has 0 aliphatic rings. The molecule has 0 unspecified atom stereocenters. The fraction of sp³-hybridized carbons (Fsp3) is 0. The van der Waals surface area contributed by atoms with E-state index in [1.54, 1.807) is 24.3 Å². The monoisotopic (exact) mass is 225 g/mol. The maximum Gasteiger partial charge on any atom is 0.462 e. The Hall–Kier alpha value is 0.309. The molecule has 0 atom stereocenters. The summed E-state index contributed by atoms with van der Waals surface area (Å²) in [6.07, 6.45) is 0. The van der Waals surface area contributed by atoms with Crippen molar-refractivity contribution in [3.8, 4) is 0 Å². The molecule has 1 radical (unpaired) electrons. The standard InChI is InChI=1S/C6H6BO2.CH3.Y/c8-7(9)6-4-2-1-3-5-6;;/h2-5,8-9H;1H3;/q2*-1;. The zero-order valence-corrected chi connectivity index (χ0v) is 9.20. The van der Waals surface area contributed by atoms with Gasteiger partial charge in [-0.25, -0.2) is 0 Å². The van der Waals surface area contributed by atoms with E-state index in [9.17, 15) is 0 Å². The minimum atomic E-state index is -1.36. The van der Waals surface area contributed by atoms with Crippen LogP contribution in [0.25, 0.3) is 0 Å². The van der Waals surface area contributed by atoms with Gasteiger partial charge >= 0.3 is 7.12 Å². The SMILES string of the molecule is OB(O)c1cc[c-]cc1.[CH3-].[Y]. The third kappa shape index (κ3) is 4.70. The van der Waals surface area contributed by atoms with Crippen molar-refractivity contribution >= 4 is 12.6 Å². The first-order valence-electron chi connectivity index (χ1n) is 2.63. The quantitative estimate of drug-likeness (QED) is 0.504. The molecule has 0 amide bonds. The summed E-state index contributed by atoms with van der Waals surface area (Å²) >= 11 is 0. The first-order valence-corrected chi connectivity index (χ1v) is 2.63. The van der Waals surface area contributed by atoms with E-state index in [0.29, 0.717) is 5.46 Å². The third-order valence-corrected chi connectivity index (χ3v) is 1.04. The van der Waals surface area contributed by atoms with Crippen LogP contribution in [0.2, 0.25) is 0 Å². The number of hydrogen-bond donors (Lipinski definition) is 2. The van der Waals surface area contributed by atoms with Crippen LogP contribution >= 0.6 is 0 Å². The van der Waals surface area contributed by atoms with Gasteiger partial charge < -0.3 is 17.5 Å². The molecule has 0 spiro atoms. The largest absolute Gasteiger partial charge is 0.462 e. The molecule has 57 valence electrons. The van der Waals surface area contributed by atoms with E-state index >= 15 is 0 Å². The summed E-state index contributed by atoms with van der Waals surface area (Å²) in [7, 11) is -1.36. The predicted molar refractivity (Wildman–Crippen MR) is 41.5 cm³/mol. The van der Waals surface area contributed by atoms with Gasteiger partial charge in [0.25, 0.3) is 0 Å². The van der Waals surface area contributed by atoms with Gasteiger partial charge in [-0.3, -0.25) is 0 Å². The number of hydrogen-bond acceptors (Lipinski definition) is 2. The van der Waals surface area contributed by atoms with Crippen molar-refractivity contribution in [2.45, 2.75) is 0 Å². The van der Waals surface area contributed by atoms with Crippen molar-refractivity contribution in [3.63, 3.8) is 0 Å². The van der Waals surface area contributed by atoms with Gasteiger partial charge in [-0.2, -0.15) is 30.3 Å². The topological polar surface area (TPSA) is 40.5 Å². The second-order valence-corrected chi connectivity index (χ2v) is 1.71. The van der Waals surface area contributed by atoms with Gasteiger partial charge in [-0.1, -0.05) is 0 Å². The molecule has 4 heteroatoms. The average Bonchev–Trinajstić information content (AvgIpc) is 1.90. The van der Waals surface area contributed by atoms with Crippen LogP contribution in [0.5, 0.6) is 0 Å². The second-order valence-electron chi connectivity index (χ2n) is 1.71. The van der Waals surface area contributed by atoms with Crippen LogP contribution in [0, 0.1) is 13.5 Å². The van der Waals surface area contributed by atoms with Crippen LogP contribution in [-0.4, -0.2) is 17.2 Å². The first kappa shape index (κ1) is 13.9. The van der Waals surface area contributed by atoms with Crippen LogP contribution in [0.1, 0.15) is 0 Å². The fourth-order valence-electron chi connectivity index (χ4n) is 0.572. The molecule has 1 aromatic rings. The number of benzene rings is 1. The second kappa shape index (κ2) is 6.98. The van der Waals surface area contributed by atoms with Gasteiger partial charge in [0.05, 0.1) is 0 Å². The molecule has 1 aromatic carbocycles. The minimum Gasteiger partial charge on any atom is -0.425 e. The summed E-state index contributed by atoms with van der Waals surface area (Å²) in [6.45, 7) is 0. The van der Waals surface area contributed by atoms with Crippen molar-refractivity contribution in [3.05, 3.63) is 37.8 Å². The zero-order chi connectivity index (χ0) is 6.69. The Balaban J connectivity index is 0. The summed E-state index contributed by atoms with van der Waals surface area (Å²) in [5.41, 5.74) is 0.494. The van der Waals surface area contributed by atoms with Crippen molar-refractivity contribution in [2.75, 3.05) is 0 Å². The molecular weight excluding hydrogens is 216 g/mol. The van der Waals surface area contributed by atoms with E-state index in [4.69, 9.17) is 10.0 Å². The maximum absolute atomic E-state index is 8.57. The van der Waals surface area contributed by atoms with E-state index in [0.717, 1.165) is 0 Å². The van der Waals surface area contributed by atoms with Crippen LogP contribution in [0.3, 0.4) is 0 Å². The fourth-order valence-corrected chi connectivity index (χ4v) is 0.572. The van der Waals surface area contributed by atoms with E-state index < -0.39 is 7.12 Å². The summed E-state index contributed by atoms with van der Waals surface area (Å²) in [5, 5.41) is 17.1. The minimum absolute atomic E-state index is 0. The molecule has 0 fully saturated rings. The molecule has 2 nitrogen and oxygen atoms in total.